The third-order valence-corrected chi connectivity index (χ3v) is 4.34. The van der Waals surface area contributed by atoms with Gasteiger partial charge in [0.25, 0.3) is 5.91 Å². The zero-order valence-electron chi connectivity index (χ0n) is 16.1. The molecule has 1 fully saturated rings. The van der Waals surface area contributed by atoms with Crippen LogP contribution in [0, 0.1) is 0 Å². The number of aliphatic hydroxyl groups is 1. The van der Waals surface area contributed by atoms with E-state index in [2.05, 4.69) is 15.6 Å². The monoisotopic (exact) mass is 392 g/mol. The number of nitrogens with one attached hydrogen (secondary N) is 2. The van der Waals surface area contributed by atoms with Gasteiger partial charge in [-0.05, 0) is 39.3 Å². The van der Waals surface area contributed by atoms with Crippen molar-refractivity contribution in [3.05, 3.63) is 12.1 Å². The number of hydrogen-bond donors (Lipinski definition) is 3. The van der Waals surface area contributed by atoms with Crippen molar-refractivity contribution in [2.75, 3.05) is 30.0 Å². The molecule has 10 nitrogen and oxygen atoms in total. The van der Waals surface area contributed by atoms with Crippen LogP contribution < -0.4 is 20.3 Å². The quantitative estimate of drug-likeness (QED) is 0.691. The van der Waals surface area contributed by atoms with Gasteiger partial charge in [-0.15, -0.1) is 0 Å². The van der Waals surface area contributed by atoms with E-state index in [-0.39, 0.29) is 50.2 Å². The Kier molecular flexibility index (Phi) is 5.16. The predicted molar refractivity (Wildman–Crippen MR) is 99.1 cm³/mol. The van der Waals surface area contributed by atoms with E-state index in [1.807, 2.05) is 0 Å². The molecule has 10 heteroatoms. The van der Waals surface area contributed by atoms with E-state index in [1.54, 1.807) is 32.9 Å². The molecule has 0 aliphatic carbocycles. The Labute approximate surface area is 162 Å². The number of rotatable bonds is 4. The third-order valence-electron chi connectivity index (χ3n) is 4.34. The normalized spacial score (nSPS) is 21.6. The van der Waals surface area contributed by atoms with Crippen molar-refractivity contribution in [3.63, 3.8) is 0 Å². The summed E-state index contributed by atoms with van der Waals surface area (Å²) in [6.07, 6.45) is -0.483. The van der Waals surface area contributed by atoms with Gasteiger partial charge in [0.1, 0.15) is 11.4 Å². The summed E-state index contributed by atoms with van der Waals surface area (Å²) in [5.41, 5.74) is -1.67. The van der Waals surface area contributed by atoms with Gasteiger partial charge in [0, 0.05) is 6.61 Å². The van der Waals surface area contributed by atoms with E-state index in [0.29, 0.717) is 11.6 Å². The van der Waals surface area contributed by atoms with Crippen LogP contribution in [0.3, 0.4) is 0 Å². The van der Waals surface area contributed by atoms with Crippen molar-refractivity contribution in [3.8, 4) is 5.75 Å². The summed E-state index contributed by atoms with van der Waals surface area (Å²) >= 11 is 0. The lowest BCUT2D eigenvalue weighted by Crippen LogP contribution is -2.52. The van der Waals surface area contributed by atoms with Gasteiger partial charge in [-0.25, -0.2) is 9.78 Å². The standard InChI is InChI=1S/C18H24N4O6/c1-17(2,3)28-16(26)21-18(6-7-23)8-14(25)22(10-18)12-5-4-11-15(19-12)20-13(24)9-27-11/h4-5,23H,6-10H2,1-3H3,(H,21,26)(H,19,20,24). The first kappa shape index (κ1) is 19.9. The molecule has 0 saturated carbocycles. The summed E-state index contributed by atoms with van der Waals surface area (Å²) in [5.74, 6) is 0.385. The highest BCUT2D eigenvalue weighted by Gasteiger charge is 2.45. The highest BCUT2D eigenvalue weighted by atomic mass is 16.6. The number of ether oxygens (including phenoxy) is 2. The van der Waals surface area contributed by atoms with Gasteiger partial charge in [-0.3, -0.25) is 14.5 Å². The maximum absolute atomic E-state index is 12.7. The Morgan fingerprint density at radius 1 is 1.43 bits per heavy atom. The minimum absolute atomic E-state index is 0.00553. The number of aliphatic hydroxyl groups excluding tert-OH is 1. The first-order chi connectivity index (χ1) is 13.1. The van der Waals surface area contributed by atoms with Gasteiger partial charge in [0.2, 0.25) is 5.91 Å². The highest BCUT2D eigenvalue weighted by Crippen LogP contribution is 2.33. The van der Waals surface area contributed by atoms with Gasteiger partial charge >= 0.3 is 6.09 Å². The average molecular weight is 392 g/mol. The molecule has 1 aromatic heterocycles. The SMILES string of the molecule is CC(C)(C)OC(=O)NC1(CCO)CC(=O)N(c2ccc3c(n2)NC(=O)CO3)C1. The summed E-state index contributed by atoms with van der Waals surface area (Å²) in [6.45, 7) is 5.04. The van der Waals surface area contributed by atoms with Gasteiger partial charge in [-0.2, -0.15) is 0 Å². The Hall–Kier alpha value is -2.88. The summed E-state index contributed by atoms with van der Waals surface area (Å²) < 4.78 is 10.6. The molecule has 152 valence electrons. The lowest BCUT2D eigenvalue weighted by atomic mass is 9.94. The molecular formula is C18H24N4O6. The van der Waals surface area contributed by atoms with Crippen LogP contribution in [0.25, 0.3) is 0 Å². The average Bonchev–Trinajstić information content (AvgIpc) is 2.88. The molecule has 0 bridgehead atoms. The summed E-state index contributed by atoms with van der Waals surface area (Å²) in [6, 6.07) is 3.23. The van der Waals surface area contributed by atoms with E-state index < -0.39 is 17.2 Å². The molecule has 1 atom stereocenters. The molecule has 0 aromatic carbocycles. The van der Waals surface area contributed by atoms with Crippen molar-refractivity contribution in [2.24, 2.45) is 0 Å². The number of amides is 3. The van der Waals surface area contributed by atoms with Crippen molar-refractivity contribution in [1.29, 1.82) is 0 Å². The van der Waals surface area contributed by atoms with Gasteiger partial charge in [0.05, 0.1) is 18.5 Å². The number of alkyl carbamates (subject to hydrolysis) is 1. The molecule has 2 aliphatic rings. The van der Waals surface area contributed by atoms with Crippen LogP contribution in [0.15, 0.2) is 12.1 Å². The fraction of sp³-hybridized carbons (Fsp3) is 0.556. The lowest BCUT2D eigenvalue weighted by Gasteiger charge is -2.31. The minimum atomic E-state index is -0.981. The van der Waals surface area contributed by atoms with Crippen molar-refractivity contribution in [1.82, 2.24) is 10.3 Å². The first-order valence-corrected chi connectivity index (χ1v) is 8.97. The highest BCUT2D eigenvalue weighted by molar-refractivity contribution is 5.98. The summed E-state index contributed by atoms with van der Waals surface area (Å²) in [5, 5.41) is 14.8. The van der Waals surface area contributed by atoms with E-state index in [9.17, 15) is 19.5 Å². The largest absolute Gasteiger partial charge is 0.480 e. The molecule has 1 unspecified atom stereocenters. The number of nitrogens with zero attached hydrogens (tertiary/aromatic N) is 2. The second-order valence-corrected chi connectivity index (χ2v) is 7.89. The first-order valence-electron chi connectivity index (χ1n) is 8.97. The Morgan fingerprint density at radius 2 is 2.18 bits per heavy atom. The zero-order chi connectivity index (χ0) is 20.5. The van der Waals surface area contributed by atoms with Gasteiger partial charge < -0.3 is 25.2 Å². The Morgan fingerprint density at radius 3 is 2.86 bits per heavy atom. The minimum Gasteiger partial charge on any atom is -0.480 e. The molecule has 3 heterocycles. The molecule has 3 N–H and O–H groups in total. The molecule has 0 spiro atoms. The molecule has 0 radical (unpaired) electrons. The maximum atomic E-state index is 12.7. The number of carbonyl (C=O) groups is 3. The summed E-state index contributed by atoms with van der Waals surface area (Å²) in [7, 11) is 0. The van der Waals surface area contributed by atoms with E-state index >= 15 is 0 Å². The molecule has 1 aromatic rings. The number of anilines is 2. The lowest BCUT2D eigenvalue weighted by molar-refractivity contribution is -0.119. The number of pyridine rings is 1. The second-order valence-electron chi connectivity index (χ2n) is 7.89. The van der Waals surface area contributed by atoms with E-state index in [1.165, 1.54) is 4.90 Å². The van der Waals surface area contributed by atoms with E-state index in [0.717, 1.165) is 0 Å². The zero-order valence-corrected chi connectivity index (χ0v) is 16.1. The molecule has 2 aliphatic heterocycles. The number of aromatic nitrogens is 1. The smallest absolute Gasteiger partial charge is 0.408 e. The number of carbonyl (C=O) groups excluding carboxylic acids is 3. The molecule has 1 saturated heterocycles. The fourth-order valence-corrected chi connectivity index (χ4v) is 3.19. The molecule has 28 heavy (non-hydrogen) atoms. The third kappa shape index (κ3) is 4.33. The second kappa shape index (κ2) is 7.27. The topological polar surface area (TPSA) is 130 Å². The van der Waals surface area contributed by atoms with Crippen LogP contribution in [-0.4, -0.2) is 58.9 Å². The van der Waals surface area contributed by atoms with Gasteiger partial charge in [-0.1, -0.05) is 0 Å². The van der Waals surface area contributed by atoms with Crippen LogP contribution in [0.1, 0.15) is 33.6 Å². The molecule has 3 amide bonds. The molecule has 3 rings (SSSR count). The molecular weight excluding hydrogens is 368 g/mol. The van der Waals surface area contributed by atoms with Gasteiger partial charge in [0.15, 0.2) is 18.2 Å². The van der Waals surface area contributed by atoms with Crippen LogP contribution in [0.4, 0.5) is 16.4 Å². The van der Waals surface area contributed by atoms with Crippen molar-refractivity contribution >= 4 is 29.5 Å². The number of fused-ring (bicyclic) bond motifs is 1. The Balaban J connectivity index is 1.81. The summed E-state index contributed by atoms with van der Waals surface area (Å²) in [4.78, 5) is 42.1. The Bertz CT molecular complexity index is 806. The van der Waals surface area contributed by atoms with Crippen LogP contribution in [0.2, 0.25) is 0 Å². The van der Waals surface area contributed by atoms with E-state index in [4.69, 9.17) is 9.47 Å². The number of hydrogen-bond acceptors (Lipinski definition) is 7. The maximum Gasteiger partial charge on any atom is 0.408 e. The van der Waals surface area contributed by atoms with Crippen molar-refractivity contribution < 1.29 is 29.0 Å². The van der Waals surface area contributed by atoms with Crippen LogP contribution in [0.5, 0.6) is 5.75 Å². The van der Waals surface area contributed by atoms with Crippen LogP contribution >= 0.6 is 0 Å². The van der Waals surface area contributed by atoms with Crippen LogP contribution in [-0.2, 0) is 14.3 Å². The fourth-order valence-electron chi connectivity index (χ4n) is 3.19. The van der Waals surface area contributed by atoms with Crippen molar-refractivity contribution in [2.45, 2.75) is 44.8 Å². The predicted octanol–water partition coefficient (Wildman–Crippen LogP) is 0.795.